The number of nitrogens with one attached hydrogen (secondary N) is 2. The number of hydrogen-bond donors (Lipinski definition) is 2. The largest absolute Gasteiger partial charge is 0.494 e. The molecule has 0 atom stereocenters. The number of aromatic nitrogens is 2. The molecule has 2 aromatic carbocycles. The molecule has 0 unspecified atom stereocenters. The molecule has 12 nitrogen and oxygen atoms in total. The Labute approximate surface area is 237 Å². The van der Waals surface area contributed by atoms with Crippen LogP contribution in [0.1, 0.15) is 13.8 Å². The van der Waals surface area contributed by atoms with Gasteiger partial charge in [0.15, 0.2) is 15.7 Å². The van der Waals surface area contributed by atoms with Crippen LogP contribution in [0.15, 0.2) is 53.6 Å². The molecule has 1 aromatic heterocycles. The molecule has 0 saturated carbocycles. The number of nitrogens with zero attached hydrogens (tertiary/aromatic N) is 5. The molecule has 4 rings (SSSR count). The maximum Gasteiger partial charge on any atom is 0.332 e. The molecule has 212 valence electrons. The van der Waals surface area contributed by atoms with Crippen LogP contribution >= 0.6 is 11.6 Å². The molecule has 1 saturated heterocycles. The van der Waals surface area contributed by atoms with E-state index in [9.17, 15) is 18.0 Å². The van der Waals surface area contributed by atoms with Crippen molar-refractivity contribution in [1.82, 2.24) is 19.8 Å². The number of ether oxygens (including phenoxy) is 1. The zero-order valence-electron chi connectivity index (χ0n) is 22.7. The van der Waals surface area contributed by atoms with Crippen LogP contribution in [0, 0.1) is 0 Å². The normalized spacial score (nSPS) is 13.5. The SMILES string of the molecule is COc1cc(N2CCN(C(=O)N(C)C)C2=O)ccc1Nc1ncc(Cl)c(Nc2ccccc2S(=O)(=O)C(C)C)n1. The number of sulfone groups is 1. The number of urea groups is 2. The molecule has 4 amide bonds. The van der Waals surface area contributed by atoms with Crippen LogP contribution in [0.4, 0.5) is 38.4 Å². The molecule has 0 radical (unpaired) electrons. The predicted molar refractivity (Wildman–Crippen MR) is 154 cm³/mol. The molecular formula is C26H30ClN7O5S. The highest BCUT2D eigenvalue weighted by Gasteiger charge is 2.35. The Kier molecular flexibility index (Phi) is 8.35. The first-order valence-electron chi connectivity index (χ1n) is 12.3. The van der Waals surface area contributed by atoms with Gasteiger partial charge in [0, 0.05) is 32.4 Å². The Hall–Kier alpha value is -4.10. The van der Waals surface area contributed by atoms with Crippen molar-refractivity contribution in [1.29, 1.82) is 0 Å². The molecule has 1 aliphatic rings. The zero-order chi connectivity index (χ0) is 29.2. The minimum Gasteiger partial charge on any atom is -0.494 e. The van der Waals surface area contributed by atoms with Gasteiger partial charge in [-0.05, 0) is 38.1 Å². The number of carbonyl (C=O) groups is 2. The standard InChI is InChI=1S/C26H30ClN7O5S/c1-16(2)40(37,38)22-9-7-6-8-20(22)29-23-18(27)15-28-24(31-23)30-19-11-10-17(14-21(19)39-5)33-12-13-34(26(33)36)25(35)32(3)4/h6-11,14-16H,12-13H2,1-5H3,(H2,28,29,30,31). The number of imide groups is 1. The third kappa shape index (κ3) is 5.75. The molecule has 40 heavy (non-hydrogen) atoms. The quantitative estimate of drug-likeness (QED) is 0.383. The molecule has 1 fully saturated rings. The van der Waals surface area contributed by atoms with Gasteiger partial charge in [0.1, 0.15) is 10.8 Å². The van der Waals surface area contributed by atoms with E-state index in [-0.39, 0.29) is 34.3 Å². The molecule has 0 aliphatic carbocycles. The zero-order valence-corrected chi connectivity index (χ0v) is 24.2. The van der Waals surface area contributed by atoms with Crippen molar-refractivity contribution in [2.75, 3.05) is 49.8 Å². The topological polar surface area (TPSA) is 137 Å². The van der Waals surface area contributed by atoms with E-state index in [1.165, 1.54) is 34.1 Å². The minimum atomic E-state index is -3.57. The molecule has 14 heteroatoms. The second-order valence-electron chi connectivity index (χ2n) is 9.38. The molecule has 3 aromatic rings. The van der Waals surface area contributed by atoms with Crippen molar-refractivity contribution in [3.8, 4) is 5.75 Å². The highest BCUT2D eigenvalue weighted by molar-refractivity contribution is 7.92. The van der Waals surface area contributed by atoms with E-state index < -0.39 is 21.1 Å². The monoisotopic (exact) mass is 587 g/mol. The molecule has 1 aliphatic heterocycles. The van der Waals surface area contributed by atoms with Crippen LogP contribution in [0.5, 0.6) is 5.75 Å². The van der Waals surface area contributed by atoms with Gasteiger partial charge in [-0.3, -0.25) is 4.90 Å². The highest BCUT2D eigenvalue weighted by atomic mass is 35.5. The van der Waals surface area contributed by atoms with E-state index in [0.717, 1.165) is 0 Å². The van der Waals surface area contributed by atoms with E-state index >= 15 is 0 Å². The average Bonchev–Trinajstić information content (AvgIpc) is 3.31. The Morgan fingerprint density at radius 1 is 1.10 bits per heavy atom. The third-order valence-corrected chi connectivity index (χ3v) is 8.66. The van der Waals surface area contributed by atoms with Gasteiger partial charge in [-0.1, -0.05) is 23.7 Å². The summed E-state index contributed by atoms with van der Waals surface area (Å²) in [5.74, 6) is 0.778. The minimum absolute atomic E-state index is 0.133. The van der Waals surface area contributed by atoms with Crippen LogP contribution in [0.25, 0.3) is 0 Å². The first kappa shape index (κ1) is 28.9. The summed E-state index contributed by atoms with van der Waals surface area (Å²) in [5.41, 5.74) is 1.40. The number of rotatable bonds is 8. The van der Waals surface area contributed by atoms with Crippen molar-refractivity contribution < 1.29 is 22.7 Å². The average molecular weight is 588 g/mol. The van der Waals surface area contributed by atoms with Crippen molar-refractivity contribution >= 4 is 62.3 Å². The fourth-order valence-corrected chi connectivity index (χ4v) is 5.32. The summed E-state index contributed by atoms with van der Waals surface area (Å²) >= 11 is 6.34. The summed E-state index contributed by atoms with van der Waals surface area (Å²) in [6, 6.07) is 10.8. The lowest BCUT2D eigenvalue weighted by atomic mass is 10.2. The number of benzene rings is 2. The van der Waals surface area contributed by atoms with Gasteiger partial charge >= 0.3 is 12.1 Å². The van der Waals surface area contributed by atoms with Gasteiger partial charge in [-0.2, -0.15) is 4.98 Å². The summed E-state index contributed by atoms with van der Waals surface area (Å²) in [5, 5.41) is 5.66. The van der Waals surface area contributed by atoms with Crippen LogP contribution < -0.4 is 20.3 Å². The summed E-state index contributed by atoms with van der Waals surface area (Å²) < 4.78 is 31.2. The van der Waals surface area contributed by atoms with Gasteiger partial charge < -0.3 is 20.3 Å². The lowest BCUT2D eigenvalue weighted by molar-refractivity contribution is 0.180. The predicted octanol–water partition coefficient (Wildman–Crippen LogP) is 4.73. The molecule has 0 bridgehead atoms. The number of para-hydroxylation sites is 1. The molecular weight excluding hydrogens is 558 g/mol. The van der Waals surface area contributed by atoms with E-state index in [4.69, 9.17) is 16.3 Å². The number of anilines is 5. The van der Waals surface area contributed by atoms with Crippen LogP contribution in [-0.2, 0) is 9.84 Å². The maximum absolute atomic E-state index is 12.9. The Balaban J connectivity index is 1.58. The van der Waals surface area contributed by atoms with Gasteiger partial charge in [0.25, 0.3) is 0 Å². The van der Waals surface area contributed by atoms with E-state index in [1.807, 2.05) is 0 Å². The van der Waals surface area contributed by atoms with Crippen molar-refractivity contribution in [2.45, 2.75) is 24.0 Å². The lowest BCUT2D eigenvalue weighted by Gasteiger charge is -2.21. The second-order valence-corrected chi connectivity index (χ2v) is 12.3. The van der Waals surface area contributed by atoms with Gasteiger partial charge in [0.05, 0.1) is 41.4 Å². The number of methoxy groups -OCH3 is 1. The number of halogens is 1. The fraction of sp³-hybridized carbons (Fsp3) is 0.308. The smallest absolute Gasteiger partial charge is 0.332 e. The van der Waals surface area contributed by atoms with E-state index in [2.05, 4.69) is 20.6 Å². The van der Waals surface area contributed by atoms with Crippen molar-refractivity contribution in [3.63, 3.8) is 0 Å². The Morgan fingerprint density at radius 2 is 1.82 bits per heavy atom. The first-order valence-corrected chi connectivity index (χ1v) is 14.2. The summed E-state index contributed by atoms with van der Waals surface area (Å²) in [6.45, 7) is 3.85. The Bertz CT molecular complexity index is 1550. The molecule has 2 N–H and O–H groups in total. The first-order chi connectivity index (χ1) is 18.9. The van der Waals surface area contributed by atoms with Gasteiger partial charge in [0.2, 0.25) is 5.95 Å². The van der Waals surface area contributed by atoms with Gasteiger partial charge in [-0.25, -0.2) is 27.9 Å². The number of amides is 4. The van der Waals surface area contributed by atoms with Crippen LogP contribution in [0.2, 0.25) is 5.02 Å². The third-order valence-electron chi connectivity index (χ3n) is 6.18. The summed E-state index contributed by atoms with van der Waals surface area (Å²) in [4.78, 5) is 38.0. The number of carbonyl (C=O) groups excluding carboxylic acids is 2. The van der Waals surface area contributed by atoms with Crippen LogP contribution in [-0.4, -0.2) is 79.8 Å². The summed E-state index contributed by atoms with van der Waals surface area (Å²) in [6.07, 6.45) is 1.39. The molecule has 0 spiro atoms. The number of hydrogen-bond acceptors (Lipinski definition) is 9. The van der Waals surface area contributed by atoms with E-state index in [0.29, 0.717) is 29.4 Å². The fourth-order valence-electron chi connectivity index (χ4n) is 3.98. The van der Waals surface area contributed by atoms with E-state index in [1.54, 1.807) is 64.3 Å². The highest BCUT2D eigenvalue weighted by Crippen LogP contribution is 2.34. The van der Waals surface area contributed by atoms with Gasteiger partial charge in [-0.15, -0.1) is 0 Å². The maximum atomic E-state index is 12.9. The van der Waals surface area contributed by atoms with Crippen molar-refractivity contribution in [2.24, 2.45) is 0 Å². The Morgan fingerprint density at radius 3 is 2.50 bits per heavy atom. The van der Waals surface area contributed by atoms with Crippen molar-refractivity contribution in [3.05, 3.63) is 53.7 Å². The second kappa shape index (κ2) is 11.6. The molecule has 2 heterocycles. The van der Waals surface area contributed by atoms with Crippen LogP contribution in [0.3, 0.4) is 0 Å². The summed E-state index contributed by atoms with van der Waals surface area (Å²) in [7, 11) is 1.10. The lowest BCUT2D eigenvalue weighted by Crippen LogP contribution is -2.42.